The molecule has 0 saturated heterocycles. The van der Waals surface area contributed by atoms with E-state index in [1.807, 2.05) is 30.9 Å². The maximum Gasteiger partial charge on any atom is 0.322 e. The summed E-state index contributed by atoms with van der Waals surface area (Å²) in [6.45, 7) is 9.47. The van der Waals surface area contributed by atoms with Gasteiger partial charge in [0.1, 0.15) is 0 Å². The number of benzene rings is 1. The van der Waals surface area contributed by atoms with Crippen molar-refractivity contribution >= 4 is 11.9 Å². The third-order valence-electron chi connectivity index (χ3n) is 4.76. The van der Waals surface area contributed by atoms with Crippen LogP contribution in [-0.2, 0) is 4.79 Å². The Hall–Kier alpha value is -2.30. The summed E-state index contributed by atoms with van der Waals surface area (Å²) in [4.78, 5) is 28.8. The average Bonchev–Trinajstić information content (AvgIpc) is 2.80. The van der Waals surface area contributed by atoms with Gasteiger partial charge in [-0.2, -0.15) is 0 Å². The molecule has 128 valence electrons. The van der Waals surface area contributed by atoms with E-state index in [1.165, 1.54) is 5.56 Å². The molecule has 0 saturated carbocycles. The number of rotatable bonds is 3. The third-order valence-corrected chi connectivity index (χ3v) is 4.76. The molecular weight excluding hydrogens is 302 g/mol. The van der Waals surface area contributed by atoms with Gasteiger partial charge in [0.25, 0.3) is 5.91 Å². The molecule has 0 bridgehead atoms. The van der Waals surface area contributed by atoms with Gasteiger partial charge in [-0.1, -0.05) is 37.6 Å². The van der Waals surface area contributed by atoms with Gasteiger partial charge in [-0.05, 0) is 30.9 Å². The predicted molar refractivity (Wildman–Crippen MR) is 93.4 cm³/mol. The second kappa shape index (κ2) is 5.96. The Balaban J connectivity index is 2.04. The molecular formula is C19H25N3O2. The van der Waals surface area contributed by atoms with E-state index in [2.05, 4.69) is 25.2 Å². The van der Waals surface area contributed by atoms with E-state index in [9.17, 15) is 9.59 Å². The number of nitrogens with one attached hydrogen (secondary N) is 1. The summed E-state index contributed by atoms with van der Waals surface area (Å²) >= 11 is 0. The lowest BCUT2D eigenvalue weighted by molar-refractivity contribution is -0.126. The van der Waals surface area contributed by atoms with Crippen molar-refractivity contribution in [2.45, 2.75) is 33.7 Å². The van der Waals surface area contributed by atoms with E-state index in [0.717, 1.165) is 16.8 Å². The third kappa shape index (κ3) is 2.68. The van der Waals surface area contributed by atoms with Crippen LogP contribution in [0.1, 0.15) is 36.6 Å². The van der Waals surface area contributed by atoms with E-state index >= 15 is 0 Å². The van der Waals surface area contributed by atoms with Crippen LogP contribution < -0.4 is 5.32 Å². The molecule has 0 radical (unpaired) electrons. The second-order valence-corrected chi connectivity index (χ2v) is 7.24. The Morgan fingerprint density at radius 1 is 1.25 bits per heavy atom. The molecule has 0 unspecified atom stereocenters. The van der Waals surface area contributed by atoms with E-state index in [4.69, 9.17) is 0 Å². The summed E-state index contributed by atoms with van der Waals surface area (Å²) < 4.78 is 0. The van der Waals surface area contributed by atoms with Gasteiger partial charge in [0.15, 0.2) is 0 Å². The predicted octanol–water partition coefficient (Wildman–Crippen LogP) is 2.75. The van der Waals surface area contributed by atoms with Crippen LogP contribution >= 0.6 is 0 Å². The van der Waals surface area contributed by atoms with Crippen LogP contribution in [0.3, 0.4) is 0 Å². The number of nitrogens with zero attached hydrogens (tertiary/aromatic N) is 2. The molecule has 5 heteroatoms. The van der Waals surface area contributed by atoms with Gasteiger partial charge >= 0.3 is 6.03 Å². The maximum absolute atomic E-state index is 13.0. The zero-order chi connectivity index (χ0) is 17.6. The molecule has 5 nitrogen and oxygen atoms in total. The number of urea groups is 1. The Bertz CT molecular complexity index is 736. The summed E-state index contributed by atoms with van der Waals surface area (Å²) in [6.07, 6.45) is 0. The lowest BCUT2D eigenvalue weighted by Crippen LogP contribution is -2.45. The van der Waals surface area contributed by atoms with Gasteiger partial charge in [-0.3, -0.25) is 9.69 Å². The molecule has 24 heavy (non-hydrogen) atoms. The van der Waals surface area contributed by atoms with Gasteiger partial charge in [0.05, 0.1) is 23.9 Å². The number of aryl methyl sites for hydroxylation is 2. The first kappa shape index (κ1) is 16.6. The highest BCUT2D eigenvalue weighted by Crippen LogP contribution is 2.37. The normalized spacial score (nSPS) is 20.8. The monoisotopic (exact) mass is 327 g/mol. The summed E-state index contributed by atoms with van der Waals surface area (Å²) in [5, 5.41) is 3.00. The quantitative estimate of drug-likeness (QED) is 0.928. The Kier molecular flexibility index (Phi) is 4.11. The molecule has 2 heterocycles. The average molecular weight is 327 g/mol. The van der Waals surface area contributed by atoms with Gasteiger partial charge in [0.2, 0.25) is 0 Å². The van der Waals surface area contributed by atoms with Crippen LogP contribution in [0.2, 0.25) is 0 Å². The SMILES string of the molecule is Cc1ccc([C@H]2NC(=O)N(C)C3=C2C(=O)N(CC(C)C)C3)c(C)c1. The topological polar surface area (TPSA) is 52.7 Å². The van der Waals surface area contributed by atoms with Crippen LogP contribution in [0, 0.1) is 19.8 Å². The van der Waals surface area contributed by atoms with Crippen molar-refractivity contribution < 1.29 is 9.59 Å². The van der Waals surface area contributed by atoms with Crippen molar-refractivity contribution in [2.75, 3.05) is 20.1 Å². The van der Waals surface area contributed by atoms with Crippen molar-refractivity contribution in [1.82, 2.24) is 15.1 Å². The highest BCUT2D eigenvalue weighted by atomic mass is 16.2. The molecule has 2 aliphatic heterocycles. The van der Waals surface area contributed by atoms with Crippen LogP contribution in [0.5, 0.6) is 0 Å². The van der Waals surface area contributed by atoms with Crippen LogP contribution in [-0.4, -0.2) is 41.9 Å². The Labute approximate surface area is 143 Å². The van der Waals surface area contributed by atoms with Crippen LogP contribution in [0.15, 0.2) is 29.5 Å². The molecule has 1 aromatic rings. The number of hydrogen-bond donors (Lipinski definition) is 1. The number of amides is 3. The fraction of sp³-hybridized carbons (Fsp3) is 0.474. The standard InChI is InChI=1S/C19H25N3O2/c1-11(2)9-22-10-15-16(18(22)23)17(20-19(24)21(15)5)14-7-6-12(3)8-13(14)4/h6-8,11,17H,9-10H2,1-5H3,(H,20,24)/t17-/m1/s1. The molecule has 0 aromatic heterocycles. The fourth-order valence-corrected chi connectivity index (χ4v) is 3.59. The fourth-order valence-electron chi connectivity index (χ4n) is 3.59. The molecule has 0 spiro atoms. The molecule has 1 atom stereocenters. The minimum Gasteiger partial charge on any atom is -0.333 e. The van der Waals surface area contributed by atoms with Gasteiger partial charge < -0.3 is 10.2 Å². The van der Waals surface area contributed by atoms with Gasteiger partial charge in [-0.25, -0.2) is 4.79 Å². The van der Waals surface area contributed by atoms with Crippen LogP contribution in [0.4, 0.5) is 4.79 Å². The molecule has 3 rings (SSSR count). The smallest absolute Gasteiger partial charge is 0.322 e. The summed E-state index contributed by atoms with van der Waals surface area (Å²) in [5.74, 6) is 0.430. The second-order valence-electron chi connectivity index (χ2n) is 7.24. The van der Waals surface area contributed by atoms with Gasteiger partial charge in [0, 0.05) is 13.6 Å². The van der Waals surface area contributed by atoms with Crippen molar-refractivity contribution in [3.05, 3.63) is 46.2 Å². The molecule has 1 aromatic carbocycles. The summed E-state index contributed by atoms with van der Waals surface area (Å²) in [7, 11) is 1.73. The Morgan fingerprint density at radius 3 is 2.58 bits per heavy atom. The number of likely N-dealkylation sites (N-methyl/N-ethyl adjacent to an activating group) is 1. The van der Waals surface area contributed by atoms with Crippen molar-refractivity contribution in [1.29, 1.82) is 0 Å². The van der Waals surface area contributed by atoms with E-state index in [-0.39, 0.29) is 18.0 Å². The first-order valence-electron chi connectivity index (χ1n) is 8.43. The zero-order valence-electron chi connectivity index (χ0n) is 15.0. The maximum atomic E-state index is 13.0. The molecule has 3 amide bonds. The number of carbonyl (C=O) groups excluding carboxylic acids is 2. The van der Waals surface area contributed by atoms with Crippen molar-refractivity contribution in [3.8, 4) is 0 Å². The van der Waals surface area contributed by atoms with Crippen molar-refractivity contribution in [2.24, 2.45) is 5.92 Å². The van der Waals surface area contributed by atoms with E-state index in [0.29, 0.717) is 24.6 Å². The molecule has 2 aliphatic rings. The molecule has 0 aliphatic carbocycles. The first-order chi connectivity index (χ1) is 11.3. The highest BCUT2D eigenvalue weighted by molar-refractivity contribution is 6.01. The van der Waals surface area contributed by atoms with E-state index in [1.54, 1.807) is 11.9 Å². The highest BCUT2D eigenvalue weighted by Gasteiger charge is 2.43. The zero-order valence-corrected chi connectivity index (χ0v) is 15.0. The molecule has 0 fully saturated rings. The minimum absolute atomic E-state index is 0.0375. The number of hydrogen-bond acceptors (Lipinski definition) is 2. The minimum atomic E-state index is -0.367. The van der Waals surface area contributed by atoms with Crippen LogP contribution in [0.25, 0.3) is 0 Å². The van der Waals surface area contributed by atoms with Crippen molar-refractivity contribution in [3.63, 3.8) is 0 Å². The Morgan fingerprint density at radius 2 is 1.96 bits per heavy atom. The van der Waals surface area contributed by atoms with E-state index < -0.39 is 0 Å². The lowest BCUT2D eigenvalue weighted by Gasteiger charge is -2.31. The number of carbonyl (C=O) groups is 2. The molecule has 1 N–H and O–H groups in total. The first-order valence-corrected chi connectivity index (χ1v) is 8.43. The summed E-state index contributed by atoms with van der Waals surface area (Å²) in [6, 6.07) is 5.61. The largest absolute Gasteiger partial charge is 0.333 e. The summed E-state index contributed by atoms with van der Waals surface area (Å²) in [5.41, 5.74) is 4.80. The van der Waals surface area contributed by atoms with Gasteiger partial charge in [-0.15, -0.1) is 0 Å². The lowest BCUT2D eigenvalue weighted by atomic mass is 9.91.